The number of thioether (sulfide) groups is 1. The van der Waals surface area contributed by atoms with E-state index in [2.05, 4.69) is 4.98 Å². The van der Waals surface area contributed by atoms with E-state index in [4.69, 9.17) is 10.8 Å². The first-order valence-electron chi connectivity index (χ1n) is 5.78. The number of amides is 1. The number of carbonyl (C=O) groups excluding carboxylic acids is 1. The number of nitrogens with zero attached hydrogens (tertiary/aromatic N) is 2. The summed E-state index contributed by atoms with van der Waals surface area (Å²) >= 11 is 1.14. The lowest BCUT2D eigenvalue weighted by atomic mass is 10.2. The molecule has 20 heavy (non-hydrogen) atoms. The number of carbonyl (C=O) groups is 2. The number of imidazole rings is 1. The highest BCUT2D eigenvalue weighted by molar-refractivity contribution is 7.99. The van der Waals surface area contributed by atoms with E-state index >= 15 is 0 Å². The van der Waals surface area contributed by atoms with Crippen molar-refractivity contribution in [3.05, 3.63) is 41.7 Å². The fraction of sp³-hybridized carbons (Fsp3) is 0.154. The van der Waals surface area contributed by atoms with Gasteiger partial charge in [-0.3, -0.25) is 14.2 Å². The fourth-order valence-corrected chi connectivity index (χ4v) is 2.49. The molecule has 2 rings (SSSR count). The maximum absolute atomic E-state index is 11.0. The first-order valence-corrected chi connectivity index (χ1v) is 6.77. The van der Waals surface area contributed by atoms with Crippen LogP contribution in [-0.4, -0.2) is 32.3 Å². The zero-order valence-corrected chi connectivity index (χ0v) is 11.6. The Hall–Kier alpha value is -2.28. The lowest BCUT2D eigenvalue weighted by Gasteiger charge is -2.09. The van der Waals surface area contributed by atoms with Crippen molar-refractivity contribution >= 4 is 23.6 Å². The normalized spacial score (nSPS) is 10.4. The predicted molar refractivity (Wildman–Crippen MR) is 75.2 cm³/mol. The van der Waals surface area contributed by atoms with Gasteiger partial charge in [-0.2, -0.15) is 0 Å². The summed E-state index contributed by atoms with van der Waals surface area (Å²) in [6.07, 6.45) is 1.67. The smallest absolute Gasteiger partial charge is 0.313 e. The van der Waals surface area contributed by atoms with Crippen LogP contribution in [0.3, 0.4) is 0 Å². The Kier molecular flexibility index (Phi) is 4.09. The van der Waals surface area contributed by atoms with Gasteiger partial charge in [0.25, 0.3) is 0 Å². The number of rotatable bonds is 5. The number of carboxylic acid groups (broad SMARTS) is 1. The lowest BCUT2D eigenvalue weighted by molar-refractivity contribution is -0.133. The van der Waals surface area contributed by atoms with E-state index in [-0.39, 0.29) is 5.75 Å². The molecule has 1 amide bonds. The quantitative estimate of drug-likeness (QED) is 0.813. The van der Waals surface area contributed by atoms with E-state index in [1.54, 1.807) is 30.5 Å². The monoisotopic (exact) mass is 291 g/mol. The number of primary amides is 1. The van der Waals surface area contributed by atoms with Gasteiger partial charge in [0.05, 0.1) is 5.75 Å². The maximum Gasteiger partial charge on any atom is 0.313 e. The number of carboxylic acids is 1. The third kappa shape index (κ3) is 3.00. The molecule has 0 radical (unpaired) electrons. The van der Waals surface area contributed by atoms with Gasteiger partial charge in [0.2, 0.25) is 5.91 Å². The number of benzene rings is 1. The molecule has 3 N–H and O–H groups in total. The maximum atomic E-state index is 11.0. The van der Waals surface area contributed by atoms with Crippen LogP contribution in [0.15, 0.2) is 35.6 Å². The average Bonchev–Trinajstić information content (AvgIpc) is 2.77. The number of aromatic nitrogens is 2. The minimum Gasteiger partial charge on any atom is -0.481 e. The Morgan fingerprint density at radius 2 is 2.00 bits per heavy atom. The van der Waals surface area contributed by atoms with E-state index in [0.717, 1.165) is 23.1 Å². The standard InChI is InChI=1S/C13H13N3O3S/c1-8-6-15-13(20-7-11(17)18)16(8)10-4-2-9(3-5-10)12(14)19/h2-6H,7H2,1H3,(H2,14,19)(H,17,18). The summed E-state index contributed by atoms with van der Waals surface area (Å²) in [6.45, 7) is 1.87. The molecule has 0 saturated carbocycles. The predicted octanol–water partition coefficient (Wildman–Crippen LogP) is 1.46. The first-order chi connectivity index (χ1) is 9.49. The highest BCUT2D eigenvalue weighted by Crippen LogP contribution is 2.23. The van der Waals surface area contributed by atoms with Crippen molar-refractivity contribution < 1.29 is 14.7 Å². The third-order valence-corrected chi connectivity index (χ3v) is 3.58. The highest BCUT2D eigenvalue weighted by Gasteiger charge is 2.11. The molecule has 104 valence electrons. The molecule has 7 heteroatoms. The van der Waals surface area contributed by atoms with Crippen LogP contribution in [0.4, 0.5) is 0 Å². The molecule has 0 aliphatic heterocycles. The Morgan fingerprint density at radius 1 is 1.35 bits per heavy atom. The Morgan fingerprint density at radius 3 is 2.55 bits per heavy atom. The number of hydrogen-bond acceptors (Lipinski definition) is 4. The number of nitrogens with two attached hydrogens (primary N) is 1. The van der Waals surface area contributed by atoms with E-state index in [1.807, 2.05) is 11.5 Å². The summed E-state index contributed by atoms with van der Waals surface area (Å²) in [4.78, 5) is 25.9. The van der Waals surface area contributed by atoms with Crippen molar-refractivity contribution in [2.45, 2.75) is 12.1 Å². The molecule has 0 aliphatic carbocycles. The van der Waals surface area contributed by atoms with Crippen LogP contribution in [0.25, 0.3) is 5.69 Å². The van der Waals surface area contributed by atoms with Gasteiger partial charge in [0, 0.05) is 23.1 Å². The second kappa shape index (κ2) is 5.79. The third-order valence-electron chi connectivity index (χ3n) is 2.64. The van der Waals surface area contributed by atoms with Crippen LogP contribution in [0.5, 0.6) is 0 Å². The Labute approximate surface area is 119 Å². The van der Waals surface area contributed by atoms with Gasteiger partial charge in [-0.1, -0.05) is 11.8 Å². The van der Waals surface area contributed by atoms with Crippen LogP contribution >= 0.6 is 11.8 Å². The molecular formula is C13H13N3O3S. The molecule has 0 bridgehead atoms. The van der Waals surface area contributed by atoms with Crippen molar-refractivity contribution in [2.24, 2.45) is 5.73 Å². The van der Waals surface area contributed by atoms with Crippen molar-refractivity contribution in [3.8, 4) is 5.69 Å². The van der Waals surface area contributed by atoms with Crippen molar-refractivity contribution in [1.82, 2.24) is 9.55 Å². The minimum absolute atomic E-state index is 0.0597. The summed E-state index contributed by atoms with van der Waals surface area (Å²) in [5.74, 6) is -1.44. The minimum atomic E-state index is -0.897. The molecule has 1 aromatic heterocycles. The zero-order valence-electron chi connectivity index (χ0n) is 10.7. The van der Waals surface area contributed by atoms with Crippen LogP contribution < -0.4 is 5.73 Å². The van der Waals surface area contributed by atoms with Crippen LogP contribution in [0.1, 0.15) is 16.1 Å². The second-order valence-electron chi connectivity index (χ2n) is 4.11. The van der Waals surface area contributed by atoms with E-state index in [9.17, 15) is 9.59 Å². The SMILES string of the molecule is Cc1cnc(SCC(=O)O)n1-c1ccc(C(N)=O)cc1. The number of aliphatic carboxylic acids is 1. The summed E-state index contributed by atoms with van der Waals surface area (Å²) in [6, 6.07) is 6.75. The first kappa shape index (κ1) is 14.1. The van der Waals surface area contributed by atoms with Crippen LogP contribution in [-0.2, 0) is 4.79 Å². The fourth-order valence-electron chi connectivity index (χ4n) is 1.73. The molecule has 0 fully saturated rings. The zero-order chi connectivity index (χ0) is 14.7. The second-order valence-corrected chi connectivity index (χ2v) is 5.05. The average molecular weight is 291 g/mol. The molecule has 0 aliphatic rings. The molecule has 0 unspecified atom stereocenters. The summed E-state index contributed by atoms with van der Waals surface area (Å²) in [7, 11) is 0. The molecule has 0 spiro atoms. The topological polar surface area (TPSA) is 98.2 Å². The van der Waals surface area contributed by atoms with Gasteiger partial charge in [0.1, 0.15) is 0 Å². The van der Waals surface area contributed by atoms with Crippen LogP contribution in [0, 0.1) is 6.92 Å². The molecule has 0 atom stereocenters. The van der Waals surface area contributed by atoms with Crippen LogP contribution in [0.2, 0.25) is 0 Å². The highest BCUT2D eigenvalue weighted by atomic mass is 32.2. The molecular weight excluding hydrogens is 278 g/mol. The Balaban J connectivity index is 2.33. The van der Waals surface area contributed by atoms with Crippen molar-refractivity contribution in [2.75, 3.05) is 5.75 Å². The summed E-state index contributed by atoms with van der Waals surface area (Å²) in [5.41, 5.74) is 7.30. The van der Waals surface area contributed by atoms with Gasteiger partial charge >= 0.3 is 5.97 Å². The van der Waals surface area contributed by atoms with Gasteiger partial charge < -0.3 is 10.8 Å². The largest absolute Gasteiger partial charge is 0.481 e. The van der Waals surface area contributed by atoms with Gasteiger partial charge in [-0.05, 0) is 31.2 Å². The van der Waals surface area contributed by atoms with Crippen molar-refractivity contribution in [3.63, 3.8) is 0 Å². The van der Waals surface area contributed by atoms with E-state index in [0.29, 0.717) is 10.7 Å². The lowest BCUT2D eigenvalue weighted by Crippen LogP contribution is -2.11. The number of aryl methyl sites for hydroxylation is 1. The van der Waals surface area contributed by atoms with Gasteiger partial charge in [-0.25, -0.2) is 4.98 Å². The van der Waals surface area contributed by atoms with E-state index in [1.165, 1.54) is 0 Å². The Bertz CT molecular complexity index is 649. The molecule has 1 heterocycles. The molecule has 0 saturated heterocycles. The number of hydrogen-bond donors (Lipinski definition) is 2. The summed E-state index contributed by atoms with van der Waals surface area (Å²) in [5, 5.41) is 9.33. The summed E-state index contributed by atoms with van der Waals surface area (Å²) < 4.78 is 1.83. The molecule has 6 nitrogen and oxygen atoms in total. The molecule has 2 aromatic rings. The van der Waals surface area contributed by atoms with Gasteiger partial charge in [0.15, 0.2) is 5.16 Å². The van der Waals surface area contributed by atoms with Gasteiger partial charge in [-0.15, -0.1) is 0 Å². The molecule has 1 aromatic carbocycles. The van der Waals surface area contributed by atoms with Crippen molar-refractivity contribution in [1.29, 1.82) is 0 Å². The van der Waals surface area contributed by atoms with E-state index < -0.39 is 11.9 Å².